The van der Waals surface area contributed by atoms with E-state index in [0.717, 1.165) is 27.6 Å². The van der Waals surface area contributed by atoms with Crippen molar-refractivity contribution in [3.05, 3.63) is 88.3 Å². The number of nitrogens with zero attached hydrogens (tertiary/aromatic N) is 1. The molecule has 0 fully saturated rings. The number of nitriles is 1. The largest absolute Gasteiger partial charge is 0.466 e. The van der Waals surface area contributed by atoms with Gasteiger partial charge < -0.3 is 10.1 Å². The summed E-state index contributed by atoms with van der Waals surface area (Å²) in [6.45, 7) is 3.71. The molecule has 0 amide bonds. The normalized spacial score (nSPS) is 16.4. The number of carbonyl (C=O) groups excluding carboxylic acids is 1. The number of allylic oxidation sites excluding steroid dienone is 3. The summed E-state index contributed by atoms with van der Waals surface area (Å²) in [6, 6.07) is 20.5. The van der Waals surface area contributed by atoms with E-state index < -0.39 is 11.9 Å². The van der Waals surface area contributed by atoms with E-state index in [1.165, 1.54) is 12.7 Å². The molecule has 1 aliphatic rings. The van der Waals surface area contributed by atoms with Crippen molar-refractivity contribution in [2.24, 2.45) is 0 Å². The number of nitrogens with one attached hydrogen (secondary N) is 1. The lowest BCUT2D eigenvalue weighted by atomic mass is 9.81. The van der Waals surface area contributed by atoms with Crippen molar-refractivity contribution in [3.8, 4) is 6.07 Å². The zero-order valence-corrected chi connectivity index (χ0v) is 17.0. The molecule has 5 heteroatoms. The molecular weight excluding hydrogens is 368 g/mol. The van der Waals surface area contributed by atoms with Gasteiger partial charge in [-0.2, -0.15) is 5.26 Å². The Morgan fingerprint density at radius 3 is 2.46 bits per heavy atom. The fourth-order valence-electron chi connectivity index (χ4n) is 3.42. The van der Waals surface area contributed by atoms with Gasteiger partial charge in [0.1, 0.15) is 0 Å². The number of benzene rings is 2. The van der Waals surface area contributed by atoms with E-state index in [0.29, 0.717) is 11.1 Å². The number of dihydropyridines is 1. The van der Waals surface area contributed by atoms with Crippen LogP contribution in [0.25, 0.3) is 0 Å². The Kier molecular flexibility index (Phi) is 6.23. The van der Waals surface area contributed by atoms with Crippen molar-refractivity contribution in [1.82, 2.24) is 5.32 Å². The van der Waals surface area contributed by atoms with Gasteiger partial charge in [-0.05, 0) is 31.0 Å². The highest BCUT2D eigenvalue weighted by molar-refractivity contribution is 7.98. The molecule has 0 saturated carbocycles. The maximum atomic E-state index is 12.6. The molecule has 0 aliphatic carbocycles. The van der Waals surface area contributed by atoms with Gasteiger partial charge in [0.2, 0.25) is 0 Å². The summed E-state index contributed by atoms with van der Waals surface area (Å²) in [4.78, 5) is 13.6. The predicted molar refractivity (Wildman–Crippen MR) is 111 cm³/mol. The molecule has 4 nitrogen and oxygen atoms in total. The van der Waals surface area contributed by atoms with Crippen LogP contribution >= 0.6 is 11.8 Å². The minimum Gasteiger partial charge on any atom is -0.466 e. The van der Waals surface area contributed by atoms with Gasteiger partial charge in [-0.25, -0.2) is 4.79 Å². The zero-order valence-electron chi connectivity index (χ0n) is 16.2. The fraction of sp³-hybridized carbons (Fsp3) is 0.217. The predicted octanol–water partition coefficient (Wildman–Crippen LogP) is 4.91. The van der Waals surface area contributed by atoms with Crippen LogP contribution in [0.1, 0.15) is 30.9 Å². The van der Waals surface area contributed by atoms with E-state index in [1.807, 2.05) is 56.3 Å². The van der Waals surface area contributed by atoms with Crippen molar-refractivity contribution < 1.29 is 9.53 Å². The van der Waals surface area contributed by atoms with Crippen LogP contribution in [0, 0.1) is 11.3 Å². The monoisotopic (exact) mass is 390 g/mol. The van der Waals surface area contributed by atoms with Crippen LogP contribution in [0.15, 0.2) is 82.0 Å². The quantitative estimate of drug-likeness (QED) is 0.580. The van der Waals surface area contributed by atoms with Crippen molar-refractivity contribution in [1.29, 1.82) is 5.26 Å². The average molecular weight is 391 g/mol. The van der Waals surface area contributed by atoms with Crippen molar-refractivity contribution in [2.75, 3.05) is 7.11 Å². The first-order chi connectivity index (χ1) is 13.6. The van der Waals surface area contributed by atoms with Gasteiger partial charge in [0.05, 0.1) is 30.2 Å². The second kappa shape index (κ2) is 8.81. The van der Waals surface area contributed by atoms with E-state index in [1.54, 1.807) is 11.8 Å². The number of esters is 1. The highest BCUT2D eigenvalue weighted by Crippen LogP contribution is 2.42. The van der Waals surface area contributed by atoms with Gasteiger partial charge >= 0.3 is 5.97 Å². The summed E-state index contributed by atoms with van der Waals surface area (Å²) in [5.41, 5.74) is 4.67. The third-order valence-corrected chi connectivity index (χ3v) is 5.91. The number of ether oxygens (including phenoxy) is 1. The van der Waals surface area contributed by atoms with Crippen LogP contribution in [-0.2, 0) is 15.3 Å². The minimum absolute atomic E-state index is 0.418. The van der Waals surface area contributed by atoms with E-state index in [2.05, 4.69) is 23.5 Å². The first kappa shape index (κ1) is 19.8. The summed E-state index contributed by atoms with van der Waals surface area (Å²) >= 11 is 1.70. The van der Waals surface area contributed by atoms with Crippen molar-refractivity contribution in [3.63, 3.8) is 0 Å². The zero-order chi connectivity index (χ0) is 20.1. The van der Waals surface area contributed by atoms with Crippen LogP contribution in [0.3, 0.4) is 0 Å². The molecule has 28 heavy (non-hydrogen) atoms. The first-order valence-corrected chi connectivity index (χ1v) is 9.98. The number of methoxy groups -OCH3 is 1. The average Bonchev–Trinajstić information content (AvgIpc) is 2.72. The Hall–Kier alpha value is -2.97. The number of thioether (sulfide) groups is 1. The Morgan fingerprint density at radius 2 is 1.79 bits per heavy atom. The maximum Gasteiger partial charge on any atom is 0.336 e. The Balaban J connectivity index is 2.05. The SMILES string of the molecule is COC(=O)C1=C(C)NC(C)=C(C#N)C1c1ccccc1SCc1ccccc1. The Labute approximate surface area is 169 Å². The topological polar surface area (TPSA) is 62.1 Å². The molecule has 0 spiro atoms. The number of hydrogen-bond donors (Lipinski definition) is 1. The van der Waals surface area contributed by atoms with E-state index >= 15 is 0 Å². The van der Waals surface area contributed by atoms with E-state index in [4.69, 9.17) is 4.74 Å². The smallest absolute Gasteiger partial charge is 0.336 e. The van der Waals surface area contributed by atoms with Crippen molar-refractivity contribution in [2.45, 2.75) is 30.4 Å². The standard InChI is InChI=1S/C23H22N2O2S/c1-15-19(13-24)22(21(16(2)25-15)23(26)27-3)18-11-7-8-12-20(18)28-14-17-9-5-4-6-10-17/h4-12,22,25H,14H2,1-3H3. The number of rotatable bonds is 5. The third-order valence-electron chi connectivity index (χ3n) is 4.75. The third kappa shape index (κ3) is 3.97. The molecule has 1 atom stereocenters. The molecule has 0 bridgehead atoms. The number of hydrogen-bond acceptors (Lipinski definition) is 5. The molecule has 142 valence electrons. The van der Waals surface area contributed by atoms with Crippen LogP contribution in [-0.4, -0.2) is 13.1 Å². The summed E-state index contributed by atoms with van der Waals surface area (Å²) in [6.07, 6.45) is 0. The lowest BCUT2D eigenvalue weighted by Crippen LogP contribution is -2.28. The van der Waals surface area contributed by atoms with Crippen LogP contribution in [0.2, 0.25) is 0 Å². The molecule has 1 aliphatic heterocycles. The van der Waals surface area contributed by atoms with Crippen molar-refractivity contribution >= 4 is 17.7 Å². The second-order valence-electron chi connectivity index (χ2n) is 6.55. The van der Waals surface area contributed by atoms with Crippen LogP contribution in [0.4, 0.5) is 0 Å². The molecule has 3 rings (SSSR count). The molecule has 0 aromatic heterocycles. The fourth-order valence-corrected chi connectivity index (χ4v) is 4.46. The maximum absolute atomic E-state index is 12.6. The molecule has 0 saturated heterocycles. The van der Waals surface area contributed by atoms with Gasteiger partial charge in [-0.15, -0.1) is 11.8 Å². The van der Waals surface area contributed by atoms with Gasteiger partial charge in [0.15, 0.2) is 0 Å². The van der Waals surface area contributed by atoms with Gasteiger partial charge in [-0.3, -0.25) is 0 Å². The van der Waals surface area contributed by atoms with Crippen LogP contribution < -0.4 is 5.32 Å². The summed E-state index contributed by atoms with van der Waals surface area (Å²) in [5.74, 6) is -0.0554. The highest BCUT2D eigenvalue weighted by Gasteiger charge is 2.35. The lowest BCUT2D eigenvalue weighted by Gasteiger charge is -2.29. The van der Waals surface area contributed by atoms with Crippen LogP contribution in [0.5, 0.6) is 0 Å². The van der Waals surface area contributed by atoms with Gasteiger partial charge in [0, 0.05) is 22.0 Å². The summed E-state index contributed by atoms with van der Waals surface area (Å²) < 4.78 is 5.03. The molecule has 1 heterocycles. The van der Waals surface area contributed by atoms with E-state index in [9.17, 15) is 10.1 Å². The van der Waals surface area contributed by atoms with Gasteiger partial charge in [-0.1, -0.05) is 48.5 Å². The molecule has 2 aromatic rings. The molecule has 1 N–H and O–H groups in total. The van der Waals surface area contributed by atoms with Gasteiger partial charge in [0.25, 0.3) is 0 Å². The Morgan fingerprint density at radius 1 is 1.11 bits per heavy atom. The first-order valence-electron chi connectivity index (χ1n) is 8.99. The minimum atomic E-state index is -0.446. The molecule has 2 aromatic carbocycles. The van der Waals surface area contributed by atoms with E-state index in [-0.39, 0.29) is 0 Å². The number of carbonyl (C=O) groups is 1. The second-order valence-corrected chi connectivity index (χ2v) is 7.57. The molecular formula is C23H22N2O2S. The summed E-state index contributed by atoms with van der Waals surface area (Å²) in [5, 5.41) is 13.0. The highest BCUT2D eigenvalue weighted by atomic mass is 32.2. The lowest BCUT2D eigenvalue weighted by molar-refractivity contribution is -0.136. The molecule has 0 radical (unpaired) electrons. The Bertz CT molecular complexity index is 987. The summed E-state index contributed by atoms with van der Waals surface area (Å²) in [7, 11) is 1.37. The molecule has 1 unspecified atom stereocenters.